The van der Waals surface area contributed by atoms with Crippen molar-refractivity contribution in [1.29, 1.82) is 0 Å². The van der Waals surface area contributed by atoms with E-state index in [0.29, 0.717) is 22.4 Å². The maximum Gasteiger partial charge on any atom is 0.337 e. The maximum absolute atomic E-state index is 12.9. The molecule has 0 fully saturated rings. The van der Waals surface area contributed by atoms with E-state index in [0.717, 1.165) is 11.4 Å². The van der Waals surface area contributed by atoms with Crippen molar-refractivity contribution < 1.29 is 13.9 Å². The molecular weight excluding hydrogens is 334 g/mol. The summed E-state index contributed by atoms with van der Waals surface area (Å²) in [6.45, 7) is 7.78. The van der Waals surface area contributed by atoms with E-state index in [1.807, 2.05) is 32.4 Å². The molecule has 1 N–H and O–H groups in total. The number of rotatable bonds is 4. The third kappa shape index (κ3) is 3.08. The van der Waals surface area contributed by atoms with Gasteiger partial charge in [0.1, 0.15) is 11.3 Å². The lowest BCUT2D eigenvalue weighted by Crippen LogP contribution is -2.16. The number of fused-ring (bicyclic) bond motifs is 1. The number of ether oxygens (including phenoxy) is 1. The van der Waals surface area contributed by atoms with E-state index in [-0.39, 0.29) is 17.5 Å². The van der Waals surface area contributed by atoms with Crippen LogP contribution in [-0.4, -0.2) is 22.8 Å². The van der Waals surface area contributed by atoms with Gasteiger partial charge in [0.05, 0.1) is 29.7 Å². The Hall–Kier alpha value is -3.09. The summed E-state index contributed by atoms with van der Waals surface area (Å²) >= 11 is 0. The molecule has 26 heavy (non-hydrogen) atoms. The van der Waals surface area contributed by atoms with E-state index in [9.17, 15) is 9.59 Å². The molecule has 0 atom stereocenters. The Morgan fingerprint density at radius 2 is 2.00 bits per heavy atom. The molecule has 2 heterocycles. The molecule has 0 spiro atoms. The molecule has 0 aliphatic rings. The lowest BCUT2D eigenvalue weighted by molar-refractivity contribution is 0.102. The van der Waals surface area contributed by atoms with Crippen LogP contribution < -0.4 is 15.7 Å². The van der Waals surface area contributed by atoms with Crippen LogP contribution in [0.3, 0.4) is 0 Å². The van der Waals surface area contributed by atoms with Crippen molar-refractivity contribution in [2.24, 2.45) is 0 Å². The van der Waals surface area contributed by atoms with Crippen LogP contribution in [0.15, 0.2) is 33.5 Å². The number of aryl methyl sites for hydroxylation is 1. The lowest BCUT2D eigenvalue weighted by atomic mass is 10.1. The highest BCUT2D eigenvalue weighted by Gasteiger charge is 2.19. The topological polar surface area (TPSA) is 86.4 Å². The van der Waals surface area contributed by atoms with Gasteiger partial charge in [0.2, 0.25) is 0 Å². The molecule has 7 heteroatoms. The predicted octanol–water partition coefficient (Wildman–Crippen LogP) is 3.45. The van der Waals surface area contributed by atoms with Crippen molar-refractivity contribution in [3.63, 3.8) is 0 Å². The molecule has 0 bridgehead atoms. The minimum Gasteiger partial charge on any atom is -0.497 e. The number of hydrogen-bond donors (Lipinski definition) is 1. The number of nitrogens with zero attached hydrogens (tertiary/aromatic N) is 2. The Morgan fingerprint density at radius 3 is 2.62 bits per heavy atom. The molecule has 7 nitrogen and oxygen atoms in total. The average molecular weight is 355 g/mol. The smallest absolute Gasteiger partial charge is 0.337 e. The lowest BCUT2D eigenvalue weighted by Gasteiger charge is -2.10. The van der Waals surface area contributed by atoms with Crippen LogP contribution in [-0.2, 0) is 0 Å². The van der Waals surface area contributed by atoms with Crippen LogP contribution in [0.25, 0.3) is 11.0 Å². The number of aromatic nitrogens is 2. The molecule has 3 rings (SSSR count). The molecular formula is C19H21N3O4. The van der Waals surface area contributed by atoms with Crippen molar-refractivity contribution in [1.82, 2.24) is 9.78 Å². The summed E-state index contributed by atoms with van der Waals surface area (Å²) in [5.41, 5.74) is 2.18. The van der Waals surface area contributed by atoms with Crippen LogP contribution in [0.5, 0.6) is 5.75 Å². The normalized spacial score (nSPS) is 11.2. The number of hydrogen-bond acceptors (Lipinski definition) is 5. The molecule has 0 aliphatic carbocycles. The molecule has 0 radical (unpaired) electrons. The zero-order valence-electron chi connectivity index (χ0n) is 15.4. The highest BCUT2D eigenvalue weighted by molar-refractivity contribution is 6.12. The average Bonchev–Trinajstić information content (AvgIpc) is 2.88. The summed E-state index contributed by atoms with van der Waals surface area (Å²) in [5.74, 6) is 0.158. The number of carbonyl (C=O) groups excluding carboxylic acids is 1. The second-order valence-corrected chi connectivity index (χ2v) is 6.38. The summed E-state index contributed by atoms with van der Waals surface area (Å²) in [6, 6.07) is 6.37. The van der Waals surface area contributed by atoms with E-state index in [4.69, 9.17) is 9.15 Å². The minimum absolute atomic E-state index is 0.177. The van der Waals surface area contributed by atoms with Crippen molar-refractivity contribution in [3.05, 3.63) is 51.6 Å². The number of carbonyl (C=O) groups is 1. The van der Waals surface area contributed by atoms with Gasteiger partial charge in [-0.1, -0.05) is 0 Å². The standard InChI is InChI=1S/C19H21N3O4/c1-10(2)22-12(4)18(11(3)21-22)20-19(24)15-9-17(23)26-16-8-13(25-5)6-7-14(15)16/h6-10H,1-5H3,(H,20,24). The van der Waals surface area contributed by atoms with Gasteiger partial charge in [0.25, 0.3) is 5.91 Å². The van der Waals surface area contributed by atoms with Crippen LogP contribution in [0, 0.1) is 13.8 Å². The first-order valence-electron chi connectivity index (χ1n) is 8.30. The Morgan fingerprint density at radius 1 is 1.27 bits per heavy atom. The van der Waals surface area contributed by atoms with Crippen LogP contribution in [0.1, 0.15) is 41.6 Å². The fourth-order valence-electron chi connectivity index (χ4n) is 2.99. The van der Waals surface area contributed by atoms with Crippen molar-refractivity contribution >= 4 is 22.6 Å². The number of anilines is 1. The Labute approximate surface area is 150 Å². The van der Waals surface area contributed by atoms with Gasteiger partial charge >= 0.3 is 5.63 Å². The second-order valence-electron chi connectivity index (χ2n) is 6.38. The first kappa shape index (κ1) is 17.7. The third-order valence-electron chi connectivity index (χ3n) is 4.25. The van der Waals surface area contributed by atoms with E-state index in [1.165, 1.54) is 13.2 Å². The first-order valence-corrected chi connectivity index (χ1v) is 8.30. The summed E-state index contributed by atoms with van der Waals surface area (Å²) in [4.78, 5) is 24.7. The van der Waals surface area contributed by atoms with Gasteiger partial charge < -0.3 is 14.5 Å². The summed E-state index contributed by atoms with van der Waals surface area (Å²) < 4.78 is 12.2. The summed E-state index contributed by atoms with van der Waals surface area (Å²) in [5, 5.41) is 7.88. The van der Waals surface area contributed by atoms with E-state index < -0.39 is 5.63 Å². The third-order valence-corrected chi connectivity index (χ3v) is 4.25. The fourth-order valence-corrected chi connectivity index (χ4v) is 2.99. The molecule has 3 aromatic rings. The van der Waals surface area contributed by atoms with Crippen LogP contribution >= 0.6 is 0 Å². The molecule has 2 aromatic heterocycles. The Balaban J connectivity index is 2.05. The van der Waals surface area contributed by atoms with Gasteiger partial charge in [-0.25, -0.2) is 4.79 Å². The van der Waals surface area contributed by atoms with Gasteiger partial charge in [0.15, 0.2) is 0 Å². The molecule has 0 saturated carbocycles. The monoisotopic (exact) mass is 355 g/mol. The molecule has 0 aliphatic heterocycles. The van der Waals surface area contributed by atoms with Gasteiger partial charge in [0, 0.05) is 23.6 Å². The van der Waals surface area contributed by atoms with Crippen LogP contribution in [0.2, 0.25) is 0 Å². The van der Waals surface area contributed by atoms with Crippen LogP contribution in [0.4, 0.5) is 5.69 Å². The van der Waals surface area contributed by atoms with Crippen molar-refractivity contribution in [3.8, 4) is 5.75 Å². The molecule has 0 unspecified atom stereocenters. The van der Waals surface area contributed by atoms with Crippen molar-refractivity contribution in [2.45, 2.75) is 33.7 Å². The first-order chi connectivity index (χ1) is 12.3. The highest BCUT2D eigenvalue weighted by atomic mass is 16.5. The summed E-state index contributed by atoms with van der Waals surface area (Å²) in [6.07, 6.45) is 0. The van der Waals surface area contributed by atoms with E-state index in [2.05, 4.69) is 10.4 Å². The zero-order valence-corrected chi connectivity index (χ0v) is 15.4. The predicted molar refractivity (Wildman–Crippen MR) is 99.1 cm³/mol. The number of benzene rings is 1. The second kappa shape index (κ2) is 6.67. The number of amides is 1. The molecule has 1 amide bonds. The summed E-state index contributed by atoms with van der Waals surface area (Å²) in [7, 11) is 1.52. The van der Waals surface area contributed by atoms with Gasteiger partial charge in [-0.3, -0.25) is 9.48 Å². The zero-order chi connectivity index (χ0) is 19.0. The Bertz CT molecular complexity index is 1050. The SMILES string of the molecule is COc1ccc2c(C(=O)Nc3c(C)nn(C(C)C)c3C)cc(=O)oc2c1. The van der Waals surface area contributed by atoms with Gasteiger partial charge in [-0.2, -0.15) is 5.10 Å². The van der Waals surface area contributed by atoms with Gasteiger partial charge in [-0.15, -0.1) is 0 Å². The fraction of sp³-hybridized carbons (Fsp3) is 0.316. The highest BCUT2D eigenvalue weighted by Crippen LogP contribution is 2.26. The Kier molecular flexibility index (Phi) is 4.54. The number of nitrogens with one attached hydrogen (secondary N) is 1. The molecule has 0 saturated heterocycles. The molecule has 136 valence electrons. The van der Waals surface area contributed by atoms with E-state index in [1.54, 1.807) is 18.2 Å². The van der Waals surface area contributed by atoms with Gasteiger partial charge in [-0.05, 0) is 39.8 Å². The molecule has 1 aromatic carbocycles. The quantitative estimate of drug-likeness (QED) is 0.725. The van der Waals surface area contributed by atoms with E-state index >= 15 is 0 Å². The maximum atomic E-state index is 12.9. The minimum atomic E-state index is -0.595. The number of methoxy groups -OCH3 is 1. The largest absolute Gasteiger partial charge is 0.497 e. The van der Waals surface area contributed by atoms with Crippen molar-refractivity contribution in [2.75, 3.05) is 12.4 Å².